The maximum absolute atomic E-state index is 11.9. The third-order valence-corrected chi connectivity index (χ3v) is 3.40. The van der Waals surface area contributed by atoms with Gasteiger partial charge in [0.2, 0.25) is 5.91 Å². The monoisotopic (exact) mass is 292 g/mol. The third kappa shape index (κ3) is 5.35. The number of amides is 1. The molecule has 0 saturated carbocycles. The number of nitrogens with zero attached hydrogens (tertiary/aromatic N) is 1. The fourth-order valence-electron chi connectivity index (χ4n) is 1.79. The Kier molecular flexibility index (Phi) is 6.05. The molecule has 0 fully saturated rings. The van der Waals surface area contributed by atoms with E-state index in [1.807, 2.05) is 13.8 Å². The molecule has 1 unspecified atom stereocenters. The van der Waals surface area contributed by atoms with Gasteiger partial charge in [-0.15, -0.1) is 0 Å². The van der Waals surface area contributed by atoms with Crippen LogP contribution in [0.4, 0.5) is 5.69 Å². The topological polar surface area (TPSA) is 92.5 Å². The van der Waals surface area contributed by atoms with E-state index >= 15 is 0 Å². The lowest BCUT2D eigenvalue weighted by atomic mass is 9.95. The molecule has 1 aromatic rings. The van der Waals surface area contributed by atoms with Gasteiger partial charge in [-0.1, -0.05) is 6.92 Å². The number of carbonyl (C=O) groups is 1. The minimum absolute atomic E-state index is 0.0106. The van der Waals surface area contributed by atoms with Gasteiger partial charge in [0.05, 0.1) is 4.92 Å². The van der Waals surface area contributed by atoms with Crippen LogP contribution >= 0.6 is 0 Å². The molecule has 0 bridgehead atoms. The summed E-state index contributed by atoms with van der Waals surface area (Å²) in [7, 11) is 0. The van der Waals surface area contributed by atoms with Crippen LogP contribution in [-0.4, -0.2) is 28.1 Å². The first-order valence-corrected chi connectivity index (χ1v) is 6.76. The van der Waals surface area contributed by atoms with Gasteiger partial charge in [-0.2, -0.15) is 0 Å². The third-order valence-electron chi connectivity index (χ3n) is 3.40. The molecule has 1 rings (SSSR count). The quantitative estimate of drug-likeness (QED) is 0.458. The van der Waals surface area contributed by atoms with Crippen LogP contribution in [0.25, 0.3) is 6.08 Å². The standard InChI is InChI=1S/C15H20N2O4/c1-3-15(2,10-11-18)16-14(19)9-6-12-4-7-13(8-5-12)17(20)21/h4-9,18H,3,10-11H2,1-2H3,(H,16,19)/b9-6+. The Bertz CT molecular complexity index is 525. The van der Waals surface area contributed by atoms with Crippen LogP contribution in [0.1, 0.15) is 32.3 Å². The molecule has 1 atom stereocenters. The molecule has 0 aliphatic heterocycles. The lowest BCUT2D eigenvalue weighted by Gasteiger charge is -2.28. The van der Waals surface area contributed by atoms with Crippen LogP contribution in [0.5, 0.6) is 0 Å². The van der Waals surface area contributed by atoms with Crippen molar-refractivity contribution in [1.29, 1.82) is 0 Å². The normalized spacial score (nSPS) is 13.9. The van der Waals surface area contributed by atoms with E-state index in [-0.39, 0.29) is 18.2 Å². The number of benzene rings is 1. The molecule has 0 saturated heterocycles. The summed E-state index contributed by atoms with van der Waals surface area (Å²) < 4.78 is 0. The SMILES string of the molecule is CCC(C)(CCO)NC(=O)/C=C/c1ccc([N+](=O)[O-])cc1. The predicted octanol–water partition coefficient (Wildman–Crippen LogP) is 2.28. The second-order valence-electron chi connectivity index (χ2n) is 5.06. The summed E-state index contributed by atoms with van der Waals surface area (Å²) >= 11 is 0. The number of rotatable bonds is 7. The highest BCUT2D eigenvalue weighted by molar-refractivity contribution is 5.92. The van der Waals surface area contributed by atoms with Crippen LogP contribution in [0, 0.1) is 10.1 Å². The molecule has 1 aromatic carbocycles. The predicted molar refractivity (Wildman–Crippen MR) is 80.7 cm³/mol. The Morgan fingerprint density at radius 3 is 2.52 bits per heavy atom. The van der Waals surface area contributed by atoms with Gasteiger partial charge in [0.1, 0.15) is 0 Å². The second-order valence-corrected chi connectivity index (χ2v) is 5.06. The number of aliphatic hydroxyl groups excluding tert-OH is 1. The van der Waals surface area contributed by atoms with Crippen LogP contribution in [0.3, 0.4) is 0 Å². The first-order chi connectivity index (χ1) is 9.90. The zero-order valence-corrected chi connectivity index (χ0v) is 12.2. The fraction of sp³-hybridized carbons (Fsp3) is 0.400. The molecule has 6 heteroatoms. The van der Waals surface area contributed by atoms with Crippen molar-refractivity contribution >= 4 is 17.7 Å². The van der Waals surface area contributed by atoms with Gasteiger partial charge >= 0.3 is 0 Å². The second kappa shape index (κ2) is 7.54. The average Bonchev–Trinajstić information content (AvgIpc) is 2.45. The van der Waals surface area contributed by atoms with Gasteiger partial charge in [-0.25, -0.2) is 0 Å². The molecule has 2 N–H and O–H groups in total. The van der Waals surface area contributed by atoms with Gasteiger partial charge < -0.3 is 10.4 Å². The molecule has 0 radical (unpaired) electrons. The number of nitro benzene ring substituents is 1. The van der Waals surface area contributed by atoms with Crippen molar-refractivity contribution in [2.24, 2.45) is 0 Å². The maximum Gasteiger partial charge on any atom is 0.269 e. The van der Waals surface area contributed by atoms with Gasteiger partial charge in [0, 0.05) is 30.4 Å². The number of non-ortho nitro benzene ring substituents is 1. The molecule has 1 amide bonds. The molecule has 0 heterocycles. The van der Waals surface area contributed by atoms with E-state index in [1.165, 1.54) is 18.2 Å². The van der Waals surface area contributed by atoms with Gasteiger partial charge in [0.15, 0.2) is 0 Å². The Balaban J connectivity index is 2.67. The molecule has 6 nitrogen and oxygen atoms in total. The highest BCUT2D eigenvalue weighted by Crippen LogP contribution is 2.15. The first-order valence-electron chi connectivity index (χ1n) is 6.76. The Labute approximate surface area is 123 Å². The highest BCUT2D eigenvalue weighted by atomic mass is 16.6. The smallest absolute Gasteiger partial charge is 0.269 e. The summed E-state index contributed by atoms with van der Waals surface area (Å²) in [5, 5.41) is 22.4. The van der Waals surface area contributed by atoms with Crippen molar-refractivity contribution in [3.8, 4) is 0 Å². The maximum atomic E-state index is 11.9. The van der Waals surface area contributed by atoms with Gasteiger partial charge in [-0.05, 0) is 43.5 Å². The van der Waals surface area contributed by atoms with E-state index in [9.17, 15) is 14.9 Å². The van der Waals surface area contributed by atoms with Crippen molar-refractivity contribution in [2.75, 3.05) is 6.61 Å². The van der Waals surface area contributed by atoms with E-state index in [2.05, 4.69) is 5.32 Å². The number of aliphatic hydroxyl groups is 1. The summed E-state index contributed by atoms with van der Waals surface area (Å²) in [5.74, 6) is -0.258. The lowest BCUT2D eigenvalue weighted by molar-refractivity contribution is -0.384. The van der Waals surface area contributed by atoms with Crippen LogP contribution in [0.2, 0.25) is 0 Å². The molecular formula is C15H20N2O4. The first kappa shape index (κ1) is 16.8. The van der Waals surface area contributed by atoms with E-state index in [0.29, 0.717) is 18.4 Å². The molecule has 21 heavy (non-hydrogen) atoms. The zero-order chi connectivity index (χ0) is 15.9. The zero-order valence-electron chi connectivity index (χ0n) is 12.2. The number of nitro groups is 1. The lowest BCUT2D eigenvalue weighted by Crippen LogP contribution is -2.45. The molecule has 0 aliphatic rings. The number of carbonyl (C=O) groups excluding carboxylic acids is 1. The molecule has 0 spiro atoms. The van der Waals surface area contributed by atoms with Crippen molar-refractivity contribution in [3.05, 3.63) is 46.0 Å². The van der Waals surface area contributed by atoms with Crippen LogP contribution in [0.15, 0.2) is 30.3 Å². The van der Waals surface area contributed by atoms with E-state index in [0.717, 1.165) is 0 Å². The fourth-order valence-corrected chi connectivity index (χ4v) is 1.79. The van der Waals surface area contributed by atoms with Crippen molar-refractivity contribution in [3.63, 3.8) is 0 Å². The molecule has 114 valence electrons. The number of nitrogens with one attached hydrogen (secondary N) is 1. The Morgan fingerprint density at radius 1 is 1.43 bits per heavy atom. The van der Waals surface area contributed by atoms with Crippen LogP contribution in [-0.2, 0) is 4.79 Å². The van der Waals surface area contributed by atoms with E-state index in [1.54, 1.807) is 18.2 Å². The molecule has 0 aliphatic carbocycles. The van der Waals surface area contributed by atoms with Gasteiger partial charge in [-0.3, -0.25) is 14.9 Å². The average molecular weight is 292 g/mol. The molecular weight excluding hydrogens is 272 g/mol. The Morgan fingerprint density at radius 2 is 2.05 bits per heavy atom. The summed E-state index contributed by atoms with van der Waals surface area (Å²) in [5.41, 5.74) is 0.278. The summed E-state index contributed by atoms with van der Waals surface area (Å²) in [6.45, 7) is 3.83. The van der Waals surface area contributed by atoms with Crippen molar-refractivity contribution in [1.82, 2.24) is 5.32 Å². The summed E-state index contributed by atoms with van der Waals surface area (Å²) in [6.07, 6.45) is 4.17. The largest absolute Gasteiger partial charge is 0.396 e. The van der Waals surface area contributed by atoms with Crippen LogP contribution < -0.4 is 5.32 Å². The van der Waals surface area contributed by atoms with E-state index < -0.39 is 10.5 Å². The Hall–Kier alpha value is -2.21. The van der Waals surface area contributed by atoms with Crippen molar-refractivity contribution in [2.45, 2.75) is 32.2 Å². The summed E-state index contributed by atoms with van der Waals surface area (Å²) in [4.78, 5) is 21.9. The summed E-state index contributed by atoms with van der Waals surface area (Å²) in [6, 6.07) is 5.93. The van der Waals surface area contributed by atoms with Crippen molar-refractivity contribution < 1.29 is 14.8 Å². The van der Waals surface area contributed by atoms with E-state index in [4.69, 9.17) is 5.11 Å². The van der Waals surface area contributed by atoms with Gasteiger partial charge in [0.25, 0.3) is 5.69 Å². The highest BCUT2D eigenvalue weighted by Gasteiger charge is 2.22. The minimum Gasteiger partial charge on any atom is -0.396 e. The minimum atomic E-state index is -0.470. The number of hydrogen-bond donors (Lipinski definition) is 2. The number of hydrogen-bond acceptors (Lipinski definition) is 4. The molecule has 0 aromatic heterocycles.